The van der Waals surface area contributed by atoms with Crippen LogP contribution in [-0.4, -0.2) is 19.6 Å². The Balaban J connectivity index is 3.01. The van der Waals surface area contributed by atoms with E-state index in [2.05, 4.69) is 11.4 Å². The fourth-order valence-electron chi connectivity index (χ4n) is 1.84. The van der Waals surface area contributed by atoms with Crippen LogP contribution >= 0.6 is 0 Å². The summed E-state index contributed by atoms with van der Waals surface area (Å²) in [6.45, 7) is 4.21. The van der Waals surface area contributed by atoms with E-state index in [-0.39, 0.29) is 5.91 Å². The highest BCUT2D eigenvalue weighted by Gasteiger charge is 2.07. The number of carbonyl (C=O) groups excluding carboxylic acids is 1. The van der Waals surface area contributed by atoms with Crippen LogP contribution in [0, 0.1) is 0 Å². The first-order valence-electron chi connectivity index (χ1n) is 6.41. The first kappa shape index (κ1) is 15.2. The maximum absolute atomic E-state index is 11.1. The van der Waals surface area contributed by atoms with Gasteiger partial charge in [0, 0.05) is 18.2 Å². The van der Waals surface area contributed by atoms with E-state index in [0.717, 1.165) is 35.4 Å². The number of hydrogen-bond acceptors (Lipinski definition) is 3. The number of anilines is 1. The monoisotopic (exact) mass is 262 g/mol. The molecule has 1 aromatic carbocycles. The molecule has 0 saturated heterocycles. The summed E-state index contributed by atoms with van der Waals surface area (Å²) >= 11 is 0. The third-order valence-corrected chi connectivity index (χ3v) is 2.80. The van der Waals surface area contributed by atoms with E-state index >= 15 is 0 Å². The van der Waals surface area contributed by atoms with Gasteiger partial charge >= 0.3 is 0 Å². The average molecular weight is 262 g/mol. The molecule has 1 rings (SSSR count). The summed E-state index contributed by atoms with van der Waals surface area (Å²) in [5.41, 5.74) is 8.37. The van der Waals surface area contributed by atoms with Crippen LogP contribution in [0.4, 0.5) is 5.69 Å². The van der Waals surface area contributed by atoms with Crippen molar-refractivity contribution >= 4 is 17.2 Å². The van der Waals surface area contributed by atoms with Gasteiger partial charge in [-0.15, -0.1) is 0 Å². The molecular weight excluding hydrogens is 240 g/mol. The lowest BCUT2D eigenvalue weighted by Crippen LogP contribution is -2.06. The number of carbonyl (C=O) groups is 1. The number of hydrogen-bond donors (Lipinski definition) is 2. The number of nitrogens with two attached hydrogens (primary N) is 1. The van der Waals surface area contributed by atoms with E-state index in [9.17, 15) is 4.79 Å². The molecule has 0 aliphatic heterocycles. The first-order valence-corrected chi connectivity index (χ1v) is 6.41. The Morgan fingerprint density at radius 2 is 2.16 bits per heavy atom. The van der Waals surface area contributed by atoms with Crippen molar-refractivity contribution in [2.45, 2.75) is 26.7 Å². The molecule has 3 N–H and O–H groups in total. The Labute approximate surface area is 114 Å². The predicted molar refractivity (Wildman–Crippen MR) is 79.2 cm³/mol. The van der Waals surface area contributed by atoms with E-state index in [4.69, 9.17) is 10.5 Å². The van der Waals surface area contributed by atoms with Gasteiger partial charge in [0.25, 0.3) is 0 Å². The minimum atomic E-state index is -0.0825. The van der Waals surface area contributed by atoms with Gasteiger partial charge < -0.3 is 15.8 Å². The van der Waals surface area contributed by atoms with Gasteiger partial charge in [-0.25, -0.2) is 0 Å². The molecule has 104 valence electrons. The van der Waals surface area contributed by atoms with E-state index in [1.54, 1.807) is 7.11 Å². The molecule has 4 heteroatoms. The average Bonchev–Trinajstić information content (AvgIpc) is 2.38. The predicted octanol–water partition coefficient (Wildman–Crippen LogP) is 2.80. The number of allylic oxidation sites excluding steroid dienone is 2. The smallest absolute Gasteiger partial charge is 0.221 e. The van der Waals surface area contributed by atoms with Gasteiger partial charge in [-0.1, -0.05) is 6.08 Å². The van der Waals surface area contributed by atoms with Crippen molar-refractivity contribution in [3.8, 4) is 5.75 Å². The summed E-state index contributed by atoms with van der Waals surface area (Å²) in [4.78, 5) is 11.1. The van der Waals surface area contributed by atoms with Crippen molar-refractivity contribution in [2.24, 2.45) is 5.73 Å². The first-order chi connectivity index (χ1) is 9.08. The Kier molecular flexibility index (Phi) is 6.09. The molecule has 4 nitrogen and oxygen atoms in total. The number of rotatable bonds is 6. The van der Waals surface area contributed by atoms with Crippen molar-refractivity contribution in [1.82, 2.24) is 0 Å². The van der Waals surface area contributed by atoms with Crippen LogP contribution in [0.2, 0.25) is 0 Å². The number of benzene rings is 1. The van der Waals surface area contributed by atoms with E-state index < -0.39 is 0 Å². The quantitative estimate of drug-likeness (QED) is 0.775. The van der Waals surface area contributed by atoms with E-state index in [1.807, 2.05) is 25.1 Å². The Morgan fingerprint density at radius 1 is 1.42 bits per heavy atom. The molecule has 0 aromatic heterocycles. The standard InChI is InChI=1S/C15H22N2O2/c1-11(6-4-5-9-16)14-10-13(17-12(2)18)7-8-15(14)19-3/h6-8,10H,4-5,9,16H2,1-3H3,(H,17,18)/b11-6+. The molecule has 0 heterocycles. The number of ether oxygens (including phenoxy) is 1. The normalized spacial score (nSPS) is 11.3. The van der Waals surface area contributed by atoms with Crippen LogP contribution in [0.5, 0.6) is 5.75 Å². The molecule has 0 bridgehead atoms. The van der Waals surface area contributed by atoms with Crippen molar-refractivity contribution in [3.05, 3.63) is 29.8 Å². The molecule has 0 saturated carbocycles. The van der Waals surface area contributed by atoms with Crippen molar-refractivity contribution in [1.29, 1.82) is 0 Å². The van der Waals surface area contributed by atoms with Crippen molar-refractivity contribution < 1.29 is 9.53 Å². The second-order valence-corrected chi connectivity index (χ2v) is 4.41. The van der Waals surface area contributed by atoms with Crippen LogP contribution in [0.3, 0.4) is 0 Å². The molecule has 0 unspecified atom stereocenters. The summed E-state index contributed by atoms with van der Waals surface area (Å²) < 4.78 is 5.35. The zero-order valence-corrected chi connectivity index (χ0v) is 11.8. The van der Waals surface area contributed by atoms with Gasteiger partial charge in [0.1, 0.15) is 5.75 Å². The number of amides is 1. The SMILES string of the molecule is COc1ccc(NC(C)=O)cc1/C(C)=C/CCCN. The van der Waals surface area contributed by atoms with Crippen LogP contribution in [0.25, 0.3) is 5.57 Å². The van der Waals surface area contributed by atoms with Gasteiger partial charge in [-0.3, -0.25) is 4.79 Å². The highest BCUT2D eigenvalue weighted by atomic mass is 16.5. The van der Waals surface area contributed by atoms with E-state index in [1.165, 1.54) is 6.92 Å². The molecule has 19 heavy (non-hydrogen) atoms. The molecule has 0 aliphatic carbocycles. The summed E-state index contributed by atoms with van der Waals surface area (Å²) in [6.07, 6.45) is 4.04. The third-order valence-electron chi connectivity index (χ3n) is 2.80. The largest absolute Gasteiger partial charge is 0.496 e. The highest BCUT2D eigenvalue weighted by molar-refractivity contribution is 5.89. The fourth-order valence-corrected chi connectivity index (χ4v) is 1.84. The van der Waals surface area contributed by atoms with Crippen LogP contribution < -0.4 is 15.8 Å². The van der Waals surface area contributed by atoms with E-state index in [0.29, 0.717) is 6.54 Å². The molecule has 0 fully saturated rings. The molecule has 0 aliphatic rings. The van der Waals surface area contributed by atoms with Gasteiger partial charge in [0.15, 0.2) is 0 Å². The number of unbranched alkanes of at least 4 members (excludes halogenated alkanes) is 1. The minimum absolute atomic E-state index is 0.0825. The number of nitrogens with one attached hydrogen (secondary N) is 1. The summed E-state index contributed by atoms with van der Waals surface area (Å²) in [6, 6.07) is 5.62. The summed E-state index contributed by atoms with van der Waals surface area (Å²) in [7, 11) is 1.64. The maximum Gasteiger partial charge on any atom is 0.221 e. The number of methoxy groups -OCH3 is 1. The van der Waals surface area contributed by atoms with Gasteiger partial charge in [0.05, 0.1) is 7.11 Å². The summed E-state index contributed by atoms with van der Waals surface area (Å²) in [5.74, 6) is 0.719. The van der Waals surface area contributed by atoms with Crippen LogP contribution in [0.15, 0.2) is 24.3 Å². The fraction of sp³-hybridized carbons (Fsp3) is 0.400. The second-order valence-electron chi connectivity index (χ2n) is 4.41. The Bertz CT molecular complexity index is 467. The molecule has 0 atom stereocenters. The van der Waals surface area contributed by atoms with Crippen molar-refractivity contribution in [2.75, 3.05) is 19.0 Å². The molecule has 0 radical (unpaired) electrons. The zero-order chi connectivity index (χ0) is 14.3. The summed E-state index contributed by atoms with van der Waals surface area (Å²) in [5, 5.41) is 2.78. The Morgan fingerprint density at radius 3 is 2.74 bits per heavy atom. The maximum atomic E-state index is 11.1. The lowest BCUT2D eigenvalue weighted by Gasteiger charge is -2.12. The van der Waals surface area contributed by atoms with Gasteiger partial charge in [0.2, 0.25) is 5.91 Å². The molecule has 1 amide bonds. The minimum Gasteiger partial charge on any atom is -0.496 e. The topological polar surface area (TPSA) is 64.3 Å². The molecule has 0 spiro atoms. The second kappa shape index (κ2) is 7.59. The van der Waals surface area contributed by atoms with Crippen LogP contribution in [0.1, 0.15) is 32.3 Å². The van der Waals surface area contributed by atoms with Gasteiger partial charge in [-0.05, 0) is 50.1 Å². The third kappa shape index (κ3) is 4.75. The van der Waals surface area contributed by atoms with Crippen molar-refractivity contribution in [3.63, 3.8) is 0 Å². The molecule has 1 aromatic rings. The molecular formula is C15H22N2O2. The highest BCUT2D eigenvalue weighted by Crippen LogP contribution is 2.29. The zero-order valence-electron chi connectivity index (χ0n) is 11.8. The Hall–Kier alpha value is -1.81. The lowest BCUT2D eigenvalue weighted by atomic mass is 10.0. The van der Waals surface area contributed by atoms with Crippen LogP contribution in [-0.2, 0) is 4.79 Å². The lowest BCUT2D eigenvalue weighted by molar-refractivity contribution is -0.114. The van der Waals surface area contributed by atoms with Gasteiger partial charge in [-0.2, -0.15) is 0 Å².